The number of nitrogens with one attached hydrogen (secondary N) is 4. The lowest BCUT2D eigenvalue weighted by atomic mass is 9.89. The molecule has 7 rings (SSSR count). The monoisotopic (exact) mass is 807 g/mol. The van der Waals surface area contributed by atoms with Crippen LogP contribution in [-0.4, -0.2) is 96.5 Å². The molecule has 4 aromatic rings. The molecule has 306 valence electrons. The number of alkyl halides is 3. The zero-order valence-electron chi connectivity index (χ0n) is 31.5. The number of anilines is 6. The first-order valence-electron chi connectivity index (χ1n) is 18.9. The fourth-order valence-corrected chi connectivity index (χ4v) is 7.38. The Morgan fingerprint density at radius 1 is 0.897 bits per heavy atom. The minimum absolute atomic E-state index is 0.0756. The molecule has 4 N–H and O–H groups in total. The molecule has 0 radical (unpaired) electrons. The first kappa shape index (κ1) is 40.2. The molecular formula is C40H42F5N9O4. The minimum Gasteiger partial charge on any atom is -0.494 e. The van der Waals surface area contributed by atoms with Gasteiger partial charge in [-0.3, -0.25) is 24.6 Å². The number of ether oxygens (including phenoxy) is 1. The van der Waals surface area contributed by atoms with Gasteiger partial charge in [-0.1, -0.05) is 12.1 Å². The van der Waals surface area contributed by atoms with Crippen molar-refractivity contribution < 1.29 is 41.1 Å². The zero-order valence-corrected chi connectivity index (χ0v) is 31.5. The predicted octanol–water partition coefficient (Wildman–Crippen LogP) is 6.01. The summed E-state index contributed by atoms with van der Waals surface area (Å²) < 4.78 is 74.6. The molecule has 3 aliphatic rings. The van der Waals surface area contributed by atoms with Crippen LogP contribution in [0.5, 0.6) is 5.75 Å². The van der Waals surface area contributed by atoms with Gasteiger partial charge in [-0.05, 0) is 80.2 Å². The highest BCUT2D eigenvalue weighted by molar-refractivity contribution is 6.01. The second kappa shape index (κ2) is 17.2. The highest BCUT2D eigenvalue weighted by Crippen LogP contribution is 2.37. The number of carbonyl (C=O) groups is 3. The minimum atomic E-state index is -4.86. The molecule has 0 aliphatic carbocycles. The Kier molecular flexibility index (Phi) is 11.9. The number of methoxy groups -OCH3 is 1. The Morgan fingerprint density at radius 3 is 2.29 bits per heavy atom. The quantitative estimate of drug-likeness (QED) is 0.105. The maximum absolute atomic E-state index is 14.3. The van der Waals surface area contributed by atoms with Gasteiger partial charge in [0.2, 0.25) is 23.7 Å². The average molecular weight is 808 g/mol. The number of piperidine rings is 2. The van der Waals surface area contributed by atoms with Crippen LogP contribution in [0.4, 0.5) is 56.5 Å². The van der Waals surface area contributed by atoms with Gasteiger partial charge >= 0.3 is 6.18 Å². The van der Waals surface area contributed by atoms with Crippen molar-refractivity contribution in [1.82, 2.24) is 25.1 Å². The summed E-state index contributed by atoms with van der Waals surface area (Å²) in [6.07, 6.45) is -1.67. The third-order valence-corrected chi connectivity index (χ3v) is 10.6. The molecule has 13 nitrogen and oxygen atoms in total. The van der Waals surface area contributed by atoms with E-state index in [9.17, 15) is 36.3 Å². The molecule has 1 unspecified atom stereocenters. The fraction of sp³-hybridized carbons (Fsp3) is 0.375. The third kappa shape index (κ3) is 9.55. The Bertz CT molecular complexity index is 2140. The molecule has 58 heavy (non-hydrogen) atoms. The van der Waals surface area contributed by atoms with Crippen LogP contribution in [0.2, 0.25) is 0 Å². The van der Waals surface area contributed by atoms with Gasteiger partial charge in [-0.2, -0.15) is 18.2 Å². The van der Waals surface area contributed by atoms with Gasteiger partial charge in [-0.15, -0.1) is 0 Å². The Labute approximate surface area is 330 Å². The smallest absolute Gasteiger partial charge is 0.421 e. The van der Waals surface area contributed by atoms with E-state index in [1.54, 1.807) is 12.1 Å². The Morgan fingerprint density at radius 2 is 1.62 bits per heavy atom. The van der Waals surface area contributed by atoms with Crippen LogP contribution in [0.3, 0.4) is 0 Å². The van der Waals surface area contributed by atoms with Crippen molar-refractivity contribution in [2.24, 2.45) is 0 Å². The fourth-order valence-electron chi connectivity index (χ4n) is 7.38. The Hall–Kier alpha value is -6.04. The van der Waals surface area contributed by atoms with E-state index in [0.717, 1.165) is 49.4 Å². The lowest BCUT2D eigenvalue weighted by molar-refractivity contribution is -0.137. The molecule has 0 saturated carbocycles. The van der Waals surface area contributed by atoms with Gasteiger partial charge in [-0.25, -0.2) is 13.8 Å². The lowest BCUT2D eigenvalue weighted by Crippen LogP contribution is -2.51. The lowest BCUT2D eigenvalue weighted by Gasteiger charge is -2.38. The van der Waals surface area contributed by atoms with Crippen LogP contribution in [0.25, 0.3) is 0 Å². The molecule has 3 amide bonds. The van der Waals surface area contributed by atoms with Crippen LogP contribution >= 0.6 is 0 Å². The van der Waals surface area contributed by atoms with Crippen molar-refractivity contribution >= 4 is 52.2 Å². The SMILES string of the molecule is COc1cc(N2CCN(C(=O)CN3CCC(c4ccc(NC5CCC(=O)NC5=O)cc4)CC3)CC2)ccc1Nc1ncc(C(F)(F)F)c(Nc2ccc(F)cc2F)n1. The van der Waals surface area contributed by atoms with Crippen molar-refractivity contribution in [3.8, 4) is 5.75 Å². The number of nitrogens with zero attached hydrogens (tertiary/aromatic N) is 5. The molecule has 18 heteroatoms. The van der Waals surface area contributed by atoms with E-state index in [4.69, 9.17) is 4.74 Å². The van der Waals surface area contributed by atoms with E-state index in [-0.39, 0.29) is 23.7 Å². The van der Waals surface area contributed by atoms with Crippen LogP contribution in [0.15, 0.2) is 66.9 Å². The van der Waals surface area contributed by atoms with Gasteiger partial charge in [0, 0.05) is 62.3 Å². The first-order valence-corrected chi connectivity index (χ1v) is 18.9. The van der Waals surface area contributed by atoms with E-state index in [1.807, 2.05) is 23.1 Å². The zero-order chi connectivity index (χ0) is 41.0. The average Bonchev–Trinajstić information content (AvgIpc) is 3.20. The number of carbonyl (C=O) groups excluding carboxylic acids is 3. The summed E-state index contributed by atoms with van der Waals surface area (Å²) in [6.45, 7) is 4.16. The molecule has 1 atom stereocenters. The number of likely N-dealkylation sites (tertiary alicyclic amines) is 1. The summed E-state index contributed by atoms with van der Waals surface area (Å²) in [5, 5.41) is 10.7. The number of rotatable bonds is 11. The second-order valence-electron chi connectivity index (χ2n) is 14.4. The number of halogens is 5. The summed E-state index contributed by atoms with van der Waals surface area (Å²) in [6, 6.07) is 15.3. The van der Waals surface area contributed by atoms with Crippen molar-refractivity contribution in [2.75, 3.05) is 73.8 Å². The number of hydrogen-bond donors (Lipinski definition) is 4. The normalized spacial score (nSPS) is 18.1. The number of amides is 3. The second-order valence-corrected chi connectivity index (χ2v) is 14.4. The molecule has 0 spiro atoms. The van der Waals surface area contributed by atoms with E-state index in [0.29, 0.717) is 75.2 Å². The van der Waals surface area contributed by atoms with E-state index in [2.05, 4.69) is 53.2 Å². The van der Waals surface area contributed by atoms with E-state index < -0.39 is 40.9 Å². The summed E-state index contributed by atoms with van der Waals surface area (Å²) in [4.78, 5) is 50.8. The third-order valence-electron chi connectivity index (χ3n) is 10.6. The summed E-state index contributed by atoms with van der Waals surface area (Å²) in [5.74, 6) is -2.68. The summed E-state index contributed by atoms with van der Waals surface area (Å²) >= 11 is 0. The highest BCUT2D eigenvalue weighted by atomic mass is 19.4. The van der Waals surface area contributed by atoms with Crippen LogP contribution in [0, 0.1) is 11.6 Å². The largest absolute Gasteiger partial charge is 0.494 e. The highest BCUT2D eigenvalue weighted by Gasteiger charge is 2.36. The van der Waals surface area contributed by atoms with Crippen LogP contribution < -0.4 is 30.9 Å². The van der Waals surface area contributed by atoms with Crippen LogP contribution in [0.1, 0.15) is 42.7 Å². The maximum Gasteiger partial charge on any atom is 0.421 e. The molecule has 1 aromatic heterocycles. The maximum atomic E-state index is 14.3. The van der Waals surface area contributed by atoms with Crippen molar-refractivity contribution in [3.05, 3.63) is 89.6 Å². The van der Waals surface area contributed by atoms with Crippen LogP contribution in [-0.2, 0) is 20.6 Å². The summed E-state index contributed by atoms with van der Waals surface area (Å²) in [5.41, 5.74) is 1.58. The topological polar surface area (TPSA) is 144 Å². The van der Waals surface area contributed by atoms with Crippen molar-refractivity contribution in [2.45, 2.75) is 43.8 Å². The van der Waals surface area contributed by atoms with Crippen molar-refractivity contribution in [1.29, 1.82) is 0 Å². The molecule has 0 bridgehead atoms. The van der Waals surface area contributed by atoms with Gasteiger partial charge in [0.05, 0.1) is 25.0 Å². The molecule has 3 aliphatic heterocycles. The van der Waals surface area contributed by atoms with Crippen molar-refractivity contribution in [3.63, 3.8) is 0 Å². The first-order chi connectivity index (χ1) is 27.8. The van der Waals surface area contributed by atoms with Gasteiger partial charge < -0.3 is 30.5 Å². The van der Waals surface area contributed by atoms with Gasteiger partial charge in [0.25, 0.3) is 0 Å². The molecule has 3 saturated heterocycles. The predicted molar refractivity (Wildman–Crippen MR) is 206 cm³/mol. The standard InChI is InChI=1S/C40H42F5N9O4/c1-58-34-21-28(7-9-32(34)49-39-46-22-29(40(43,44)45)37(51-39)48-31-8-4-26(41)20-30(31)42)53-16-18-54(19-17-53)36(56)23-52-14-12-25(13-15-52)24-2-5-27(6-3-24)47-33-10-11-35(55)50-38(33)57/h2-9,20-22,25,33,47H,10-19,23H2,1H3,(H,50,55,57)(H2,46,48,49,51). The molecular weight excluding hydrogens is 765 g/mol. The molecule has 3 fully saturated rings. The molecule has 3 aromatic carbocycles. The van der Waals surface area contributed by atoms with E-state index in [1.165, 1.54) is 12.7 Å². The number of benzene rings is 3. The van der Waals surface area contributed by atoms with E-state index >= 15 is 0 Å². The van der Waals surface area contributed by atoms with Gasteiger partial charge in [0.15, 0.2) is 0 Å². The van der Waals surface area contributed by atoms with Gasteiger partial charge in [0.1, 0.15) is 34.8 Å². The molecule has 4 heterocycles. The number of hydrogen-bond acceptors (Lipinski definition) is 11. The number of aromatic nitrogens is 2. The summed E-state index contributed by atoms with van der Waals surface area (Å²) in [7, 11) is 1.45. The number of imide groups is 1. The number of piperazine rings is 1. The Balaban J connectivity index is 0.895.